The minimum atomic E-state index is -0.766. The molecule has 1 saturated heterocycles. The van der Waals surface area contributed by atoms with E-state index in [0.717, 1.165) is 5.56 Å². The van der Waals surface area contributed by atoms with Crippen LogP contribution in [0.5, 0.6) is 0 Å². The highest BCUT2D eigenvalue weighted by Gasteiger charge is 2.32. The van der Waals surface area contributed by atoms with Gasteiger partial charge in [-0.15, -0.1) is 0 Å². The number of non-ortho nitro benzene ring substituents is 1. The first-order valence-electron chi connectivity index (χ1n) is 19.2. The van der Waals surface area contributed by atoms with Crippen molar-refractivity contribution in [3.05, 3.63) is 39.9 Å². The smallest absolute Gasteiger partial charge is 0.323 e. The lowest BCUT2D eigenvalue weighted by molar-refractivity contribution is -0.384. The van der Waals surface area contributed by atoms with Gasteiger partial charge in [-0.2, -0.15) is 0 Å². The number of nitro groups is 1. The number of carbonyl (C=O) groups is 4. The molecule has 1 aliphatic rings. The molecule has 1 atom stereocenters. The third-order valence-electron chi connectivity index (χ3n) is 8.16. The van der Waals surface area contributed by atoms with Crippen molar-refractivity contribution in [3.63, 3.8) is 0 Å². The Balaban J connectivity index is 2.52. The maximum absolute atomic E-state index is 14.0. The fourth-order valence-corrected chi connectivity index (χ4v) is 5.91. The number of ether oxygens (including phenoxy) is 4. The Morgan fingerprint density at radius 2 is 0.909 bits per heavy atom. The van der Waals surface area contributed by atoms with Gasteiger partial charge in [-0.3, -0.25) is 48.9 Å². The number of hydrogen-bond donors (Lipinski definition) is 0. The van der Waals surface area contributed by atoms with Crippen molar-refractivity contribution >= 4 is 29.6 Å². The van der Waals surface area contributed by atoms with Crippen LogP contribution < -0.4 is 0 Å². The van der Waals surface area contributed by atoms with Gasteiger partial charge in [-0.1, -0.05) is 12.1 Å². The van der Waals surface area contributed by atoms with Gasteiger partial charge in [-0.05, 0) is 101 Å². The summed E-state index contributed by atoms with van der Waals surface area (Å²) in [4.78, 5) is 72.0. The number of benzene rings is 1. The average molecular weight is 778 g/mol. The first kappa shape index (κ1) is 47.5. The second kappa shape index (κ2) is 20.5. The summed E-state index contributed by atoms with van der Waals surface area (Å²) in [7, 11) is 0. The van der Waals surface area contributed by atoms with E-state index in [0.29, 0.717) is 65.2 Å². The van der Waals surface area contributed by atoms with E-state index in [1.54, 1.807) is 12.1 Å². The molecule has 1 aromatic carbocycles. The van der Waals surface area contributed by atoms with Crippen LogP contribution in [-0.2, 0) is 44.5 Å². The van der Waals surface area contributed by atoms with Gasteiger partial charge in [-0.25, -0.2) is 0 Å². The highest BCUT2D eigenvalue weighted by Crippen LogP contribution is 2.20. The molecular weight excluding hydrogens is 710 g/mol. The van der Waals surface area contributed by atoms with Crippen LogP contribution in [0.25, 0.3) is 0 Å². The van der Waals surface area contributed by atoms with E-state index in [9.17, 15) is 29.3 Å². The normalized spacial score (nSPS) is 17.3. The third-order valence-corrected chi connectivity index (χ3v) is 8.16. The molecular formula is C40H67N5O10. The quantitative estimate of drug-likeness (QED) is 0.126. The fraction of sp³-hybridized carbons (Fsp3) is 0.750. The van der Waals surface area contributed by atoms with Crippen LogP contribution >= 0.6 is 0 Å². The molecule has 15 nitrogen and oxygen atoms in total. The Morgan fingerprint density at radius 1 is 0.582 bits per heavy atom. The van der Waals surface area contributed by atoms with E-state index in [4.69, 9.17) is 18.9 Å². The topological polar surface area (TPSA) is 161 Å². The van der Waals surface area contributed by atoms with E-state index in [-0.39, 0.29) is 31.3 Å². The number of hydrogen-bond acceptors (Lipinski definition) is 14. The zero-order valence-corrected chi connectivity index (χ0v) is 35.4. The van der Waals surface area contributed by atoms with Gasteiger partial charge in [0.15, 0.2) is 0 Å². The van der Waals surface area contributed by atoms with Crippen molar-refractivity contribution in [2.24, 2.45) is 0 Å². The highest BCUT2D eigenvalue weighted by molar-refractivity contribution is 5.76. The predicted octanol–water partition coefficient (Wildman–Crippen LogP) is 4.48. The average Bonchev–Trinajstić information content (AvgIpc) is 2.98. The molecule has 1 unspecified atom stereocenters. The first-order valence-corrected chi connectivity index (χ1v) is 19.2. The molecule has 0 N–H and O–H groups in total. The zero-order chi connectivity index (χ0) is 41.8. The SMILES string of the molecule is CC(C)(C)OC(=O)CN1CCN(CC(=O)OC(C)(C)C)CCN(C(CCc2ccc([N+](=O)[O-])cc2)C(=O)OC(C)(C)C)CCN(CC(=O)OC(C)(C)C)CC1. The summed E-state index contributed by atoms with van der Waals surface area (Å²) in [6.45, 7) is 24.9. The molecule has 0 spiro atoms. The van der Waals surface area contributed by atoms with E-state index in [2.05, 4.69) is 0 Å². The number of esters is 4. The fourth-order valence-electron chi connectivity index (χ4n) is 5.91. The minimum absolute atomic E-state index is 0.00391. The monoisotopic (exact) mass is 777 g/mol. The van der Waals surface area contributed by atoms with Gasteiger partial charge in [0.25, 0.3) is 5.69 Å². The minimum Gasteiger partial charge on any atom is -0.459 e. The maximum atomic E-state index is 14.0. The molecule has 1 aliphatic heterocycles. The Kier molecular flexibility index (Phi) is 17.7. The summed E-state index contributed by atoms with van der Waals surface area (Å²) in [6.07, 6.45) is 0.801. The lowest BCUT2D eigenvalue weighted by atomic mass is 10.0. The molecule has 0 radical (unpaired) electrons. The molecule has 0 aliphatic carbocycles. The molecule has 15 heteroatoms. The van der Waals surface area contributed by atoms with Crippen LogP contribution in [0.2, 0.25) is 0 Å². The summed E-state index contributed by atoms with van der Waals surface area (Å²) in [6, 6.07) is 5.56. The molecule has 55 heavy (non-hydrogen) atoms. The van der Waals surface area contributed by atoms with E-state index in [1.165, 1.54) is 12.1 Å². The number of rotatable bonds is 12. The largest absolute Gasteiger partial charge is 0.459 e. The summed E-state index contributed by atoms with van der Waals surface area (Å²) in [5, 5.41) is 11.3. The number of nitrogens with zero attached hydrogens (tertiary/aromatic N) is 5. The number of aryl methyl sites for hydroxylation is 1. The van der Waals surface area contributed by atoms with E-state index < -0.39 is 51.3 Å². The van der Waals surface area contributed by atoms with Gasteiger partial charge < -0.3 is 18.9 Å². The first-order chi connectivity index (χ1) is 25.2. The van der Waals surface area contributed by atoms with Gasteiger partial charge in [0.2, 0.25) is 0 Å². The summed E-state index contributed by atoms with van der Waals surface area (Å²) >= 11 is 0. The summed E-state index contributed by atoms with van der Waals surface area (Å²) < 4.78 is 22.9. The molecule has 1 heterocycles. The molecule has 312 valence electrons. The molecule has 0 bridgehead atoms. The Hall–Kier alpha value is -3.66. The molecule has 1 fully saturated rings. The second-order valence-electron chi connectivity index (χ2n) is 18.1. The van der Waals surface area contributed by atoms with Crippen molar-refractivity contribution in [1.29, 1.82) is 0 Å². The van der Waals surface area contributed by atoms with Crippen LogP contribution in [0, 0.1) is 10.1 Å². The molecule has 2 rings (SSSR count). The zero-order valence-electron chi connectivity index (χ0n) is 35.4. The third kappa shape index (κ3) is 20.7. The molecule has 0 amide bonds. The maximum Gasteiger partial charge on any atom is 0.323 e. The Morgan fingerprint density at radius 3 is 1.22 bits per heavy atom. The Labute approximate surface area is 328 Å². The predicted molar refractivity (Wildman–Crippen MR) is 209 cm³/mol. The van der Waals surface area contributed by atoms with Crippen molar-refractivity contribution < 1.29 is 43.0 Å². The van der Waals surface area contributed by atoms with Crippen molar-refractivity contribution in [2.45, 2.75) is 124 Å². The van der Waals surface area contributed by atoms with Crippen LogP contribution in [0.3, 0.4) is 0 Å². The molecule has 1 aromatic rings. The number of nitro benzene ring substituents is 1. The van der Waals surface area contributed by atoms with Gasteiger partial charge in [0.1, 0.15) is 28.4 Å². The standard InChI is InChI=1S/C40H67N5O10/c1-37(2,3)52-33(46)27-41-19-21-42(28-34(47)53-38(4,5)6)23-25-44(26-24-43(22-20-41)29-35(48)54-39(7,8)9)32(36(49)55-40(10,11)12)18-15-30-13-16-31(17-14-30)45(50)51/h13-14,16-17,32H,15,18-29H2,1-12H3. The molecule has 0 aromatic heterocycles. The van der Waals surface area contributed by atoms with Crippen LogP contribution in [-0.4, -0.2) is 149 Å². The van der Waals surface area contributed by atoms with Gasteiger partial charge >= 0.3 is 23.9 Å². The van der Waals surface area contributed by atoms with Crippen molar-refractivity contribution in [1.82, 2.24) is 19.6 Å². The second-order valence-corrected chi connectivity index (χ2v) is 18.1. The van der Waals surface area contributed by atoms with E-state index >= 15 is 0 Å². The summed E-state index contributed by atoms with van der Waals surface area (Å²) in [5.74, 6) is -1.58. The lowest BCUT2D eigenvalue weighted by Gasteiger charge is -2.37. The molecule has 0 saturated carbocycles. The number of carbonyl (C=O) groups excluding carboxylic acids is 4. The van der Waals surface area contributed by atoms with Crippen LogP contribution in [0.15, 0.2) is 24.3 Å². The summed E-state index contributed by atoms with van der Waals surface area (Å²) in [5.41, 5.74) is -1.99. The Bertz CT molecular complexity index is 1380. The van der Waals surface area contributed by atoms with Gasteiger partial charge in [0, 0.05) is 64.5 Å². The van der Waals surface area contributed by atoms with Crippen LogP contribution in [0.1, 0.15) is 95.1 Å². The van der Waals surface area contributed by atoms with Crippen molar-refractivity contribution in [3.8, 4) is 0 Å². The van der Waals surface area contributed by atoms with Gasteiger partial charge in [0.05, 0.1) is 24.6 Å². The van der Waals surface area contributed by atoms with Crippen molar-refractivity contribution in [2.75, 3.05) is 72.0 Å². The van der Waals surface area contributed by atoms with E-state index in [1.807, 2.05) is 103 Å². The lowest BCUT2D eigenvalue weighted by Crippen LogP contribution is -2.53. The van der Waals surface area contributed by atoms with Crippen LogP contribution in [0.4, 0.5) is 5.69 Å². The highest BCUT2D eigenvalue weighted by atomic mass is 16.6.